The highest BCUT2D eigenvalue weighted by Crippen LogP contribution is 2.33. The van der Waals surface area contributed by atoms with Crippen LogP contribution in [0.2, 0.25) is 0 Å². The van der Waals surface area contributed by atoms with E-state index in [2.05, 4.69) is 37.7 Å². The number of aliphatic imine (C=N–C) groups is 2. The molecule has 1 fully saturated rings. The highest BCUT2D eigenvalue weighted by molar-refractivity contribution is 6.02. The highest BCUT2D eigenvalue weighted by atomic mass is 16.5. The highest BCUT2D eigenvalue weighted by Gasteiger charge is 2.22. The molecular formula is C35H43N7O4. The van der Waals surface area contributed by atoms with Crippen molar-refractivity contribution in [1.29, 1.82) is 0 Å². The minimum atomic E-state index is -0.212. The number of hydrogen-bond donors (Lipinski definition) is 4. The molecule has 2 aromatic carbocycles. The second-order valence-electron chi connectivity index (χ2n) is 12.0. The molecule has 3 aromatic rings. The minimum Gasteiger partial charge on any atom is -0.463 e. The van der Waals surface area contributed by atoms with Gasteiger partial charge in [0.05, 0.1) is 12.1 Å². The molecule has 0 radical (unpaired) electrons. The molecule has 1 aromatic heterocycles. The van der Waals surface area contributed by atoms with Gasteiger partial charge in [0.15, 0.2) is 0 Å². The van der Waals surface area contributed by atoms with Crippen LogP contribution in [0.4, 0.5) is 11.4 Å². The lowest BCUT2D eigenvalue weighted by Gasteiger charge is -2.08. The number of nitrogens with zero attached hydrogens (tertiary/aromatic N) is 3. The molecule has 0 spiro atoms. The van der Waals surface area contributed by atoms with Crippen LogP contribution in [0.15, 0.2) is 76.8 Å². The summed E-state index contributed by atoms with van der Waals surface area (Å²) in [6, 6.07) is 20.3. The summed E-state index contributed by atoms with van der Waals surface area (Å²) in [6.45, 7) is 3.08. The summed E-state index contributed by atoms with van der Waals surface area (Å²) in [4.78, 5) is 36.5. The van der Waals surface area contributed by atoms with Crippen LogP contribution >= 0.6 is 0 Å². The predicted octanol–water partition coefficient (Wildman–Crippen LogP) is 4.75. The van der Waals surface area contributed by atoms with Gasteiger partial charge in [0.25, 0.3) is 18.0 Å². The van der Waals surface area contributed by atoms with Gasteiger partial charge < -0.3 is 31.6 Å². The van der Waals surface area contributed by atoms with Gasteiger partial charge in [0, 0.05) is 24.0 Å². The summed E-state index contributed by atoms with van der Waals surface area (Å²) in [7, 11) is 0. The Kier molecular flexibility index (Phi) is 11.2. The van der Waals surface area contributed by atoms with Crippen LogP contribution in [0.5, 0.6) is 0 Å². The zero-order chi connectivity index (χ0) is 32.3. The number of hydrogen-bond acceptors (Lipinski definition) is 9. The van der Waals surface area contributed by atoms with Crippen molar-refractivity contribution in [2.75, 3.05) is 23.8 Å². The lowest BCUT2D eigenvalue weighted by atomic mass is 10.1. The van der Waals surface area contributed by atoms with E-state index in [1.807, 2.05) is 49.4 Å². The number of carbonyl (C=O) groups excluding carboxylic acids is 2. The maximum Gasteiger partial charge on any atom is 0.282 e. The average Bonchev–Trinajstić information content (AvgIpc) is 3.66. The number of nitrogens with two attached hydrogens (primary N) is 2. The predicted molar refractivity (Wildman–Crippen MR) is 180 cm³/mol. The van der Waals surface area contributed by atoms with E-state index in [1.165, 1.54) is 24.0 Å². The molecule has 2 atom stereocenters. The molecule has 242 valence electrons. The van der Waals surface area contributed by atoms with Crippen molar-refractivity contribution >= 4 is 35.2 Å². The minimum absolute atomic E-state index is 0.118. The van der Waals surface area contributed by atoms with Crippen LogP contribution in [-0.2, 0) is 27.1 Å². The fourth-order valence-electron chi connectivity index (χ4n) is 5.11. The molecule has 3 aliphatic rings. The van der Waals surface area contributed by atoms with Crippen LogP contribution in [0.3, 0.4) is 0 Å². The first-order valence-corrected chi connectivity index (χ1v) is 15.9. The molecule has 0 bridgehead atoms. The second kappa shape index (κ2) is 15.9. The smallest absolute Gasteiger partial charge is 0.282 e. The molecule has 6 N–H and O–H groups in total. The summed E-state index contributed by atoms with van der Waals surface area (Å²) in [6.07, 6.45) is 9.56. The molecule has 2 aliphatic heterocycles. The van der Waals surface area contributed by atoms with E-state index in [1.54, 1.807) is 12.3 Å². The third-order valence-corrected chi connectivity index (χ3v) is 8.07. The molecule has 46 heavy (non-hydrogen) atoms. The lowest BCUT2D eigenvalue weighted by molar-refractivity contribution is -0.116. The Bertz CT molecular complexity index is 1520. The van der Waals surface area contributed by atoms with Crippen LogP contribution < -0.4 is 22.1 Å². The molecule has 11 nitrogen and oxygen atoms in total. The maximum atomic E-state index is 12.1. The van der Waals surface area contributed by atoms with Crippen LogP contribution in [0.1, 0.15) is 65.7 Å². The molecule has 11 heteroatoms. The third kappa shape index (κ3) is 10.6. The standard InChI is InChI=1S/C18H20N4O2.C17H23N3O2/c1-12-2-9-16(20-10-12)17(23)21-14-6-3-13(4-7-14)5-8-15-11-24-18(19)22-15;18-17-20-15(11-22-17)9-5-13-3-7-14(8-4-13)19-16(21)10-6-12-1-2-12/h2-4,6-7,9-10,15H,5,8,11H2,1H3,(H2,19,22)(H,21,23);3-4,7-8,12,15H,1-2,5-6,9-11H2,(H2,18,20)(H,19,21)/t2*15-/m00/s1. The van der Waals surface area contributed by atoms with Gasteiger partial charge in [-0.25, -0.2) is 9.98 Å². The molecule has 0 unspecified atom stereocenters. The van der Waals surface area contributed by atoms with E-state index in [4.69, 9.17) is 20.9 Å². The summed E-state index contributed by atoms with van der Waals surface area (Å²) in [5.74, 6) is 0.702. The average molecular weight is 626 g/mol. The van der Waals surface area contributed by atoms with Crippen molar-refractivity contribution in [3.8, 4) is 0 Å². The largest absolute Gasteiger partial charge is 0.463 e. The number of aryl methyl sites for hydroxylation is 3. The first-order valence-electron chi connectivity index (χ1n) is 15.9. The van der Waals surface area contributed by atoms with Crippen LogP contribution in [0, 0.1) is 12.8 Å². The Balaban J connectivity index is 0.000000182. The number of pyridine rings is 1. The third-order valence-electron chi connectivity index (χ3n) is 8.07. The number of amidine groups is 2. The Morgan fingerprint density at radius 2 is 1.30 bits per heavy atom. The van der Waals surface area contributed by atoms with Gasteiger partial charge in [-0.2, -0.15) is 0 Å². The molecular weight excluding hydrogens is 582 g/mol. The van der Waals surface area contributed by atoms with Crippen molar-refractivity contribution in [2.45, 2.75) is 70.4 Å². The van der Waals surface area contributed by atoms with E-state index >= 15 is 0 Å². The number of nitrogens with one attached hydrogen (secondary N) is 2. The number of anilines is 2. The van der Waals surface area contributed by atoms with E-state index < -0.39 is 0 Å². The molecule has 2 amide bonds. The number of amides is 2. The maximum absolute atomic E-state index is 12.1. The summed E-state index contributed by atoms with van der Waals surface area (Å²) in [5.41, 5.74) is 16.5. The fourth-order valence-corrected chi connectivity index (χ4v) is 5.11. The van der Waals surface area contributed by atoms with Crippen LogP contribution in [-0.4, -0.2) is 54.1 Å². The Morgan fingerprint density at radius 3 is 1.76 bits per heavy atom. The van der Waals surface area contributed by atoms with Crippen molar-refractivity contribution in [1.82, 2.24) is 4.98 Å². The molecule has 3 heterocycles. The SMILES string of the molecule is Cc1ccc(C(=O)Nc2ccc(CC[C@H]3COC(N)=N3)cc2)nc1.NC1=N[C@@H](CCc2ccc(NC(=O)CCC3CC3)cc2)CO1. The van der Waals surface area contributed by atoms with E-state index in [0.29, 0.717) is 31.4 Å². The monoisotopic (exact) mass is 625 g/mol. The molecule has 6 rings (SSSR count). The van der Waals surface area contributed by atoms with E-state index in [9.17, 15) is 9.59 Å². The normalized spacial score (nSPS) is 18.3. The number of aromatic nitrogens is 1. The van der Waals surface area contributed by atoms with Gasteiger partial charge in [-0.05, 0) is 92.0 Å². The summed E-state index contributed by atoms with van der Waals surface area (Å²) < 4.78 is 10.3. The number of rotatable bonds is 12. The summed E-state index contributed by atoms with van der Waals surface area (Å²) >= 11 is 0. The Morgan fingerprint density at radius 1 is 0.761 bits per heavy atom. The van der Waals surface area contributed by atoms with Crippen molar-refractivity contribution in [3.05, 3.63) is 89.2 Å². The number of benzene rings is 2. The van der Waals surface area contributed by atoms with Crippen molar-refractivity contribution < 1.29 is 19.1 Å². The van der Waals surface area contributed by atoms with Gasteiger partial charge in [-0.3, -0.25) is 14.6 Å². The fraction of sp³-hybridized carbons (Fsp3) is 0.400. The van der Waals surface area contributed by atoms with Gasteiger partial charge in [-0.1, -0.05) is 43.2 Å². The van der Waals surface area contributed by atoms with Gasteiger partial charge in [-0.15, -0.1) is 0 Å². The topological polar surface area (TPSA) is 166 Å². The Hall–Kier alpha value is -4.93. The van der Waals surface area contributed by atoms with E-state index in [0.717, 1.165) is 55.0 Å². The molecule has 1 saturated carbocycles. The Labute approximate surface area is 269 Å². The van der Waals surface area contributed by atoms with Crippen LogP contribution in [0.25, 0.3) is 0 Å². The number of ether oxygens (including phenoxy) is 2. The zero-order valence-electron chi connectivity index (χ0n) is 26.3. The van der Waals surface area contributed by atoms with Gasteiger partial charge in [0.2, 0.25) is 5.91 Å². The van der Waals surface area contributed by atoms with Crippen molar-refractivity contribution in [3.63, 3.8) is 0 Å². The molecule has 0 saturated heterocycles. The lowest BCUT2D eigenvalue weighted by Crippen LogP contribution is -2.13. The quantitative estimate of drug-likeness (QED) is 0.225. The molecule has 1 aliphatic carbocycles. The van der Waals surface area contributed by atoms with Gasteiger partial charge in [0.1, 0.15) is 18.9 Å². The first kappa shape index (κ1) is 32.5. The van der Waals surface area contributed by atoms with Gasteiger partial charge >= 0.3 is 0 Å². The zero-order valence-corrected chi connectivity index (χ0v) is 26.3. The van der Waals surface area contributed by atoms with Crippen molar-refractivity contribution in [2.24, 2.45) is 27.4 Å². The first-order chi connectivity index (χ1) is 22.3. The summed E-state index contributed by atoms with van der Waals surface area (Å²) in [5, 5.41) is 5.81. The van der Waals surface area contributed by atoms with E-state index in [-0.39, 0.29) is 29.9 Å². The number of carbonyl (C=O) groups is 2. The second-order valence-corrected chi connectivity index (χ2v) is 12.0.